The van der Waals surface area contributed by atoms with Crippen LogP contribution in [0.5, 0.6) is 0 Å². The van der Waals surface area contributed by atoms with Crippen LogP contribution in [0.15, 0.2) is 29.4 Å². The molecule has 0 N–H and O–H groups in total. The lowest BCUT2D eigenvalue weighted by atomic mass is 10.1. The molecule has 0 bridgehead atoms. The van der Waals surface area contributed by atoms with E-state index < -0.39 is 0 Å². The molecule has 1 aliphatic heterocycles. The Hall–Kier alpha value is -0.910. The second-order valence-electron chi connectivity index (χ2n) is 2.68. The number of benzene rings is 1. The first kappa shape index (κ1) is 8.68. The highest BCUT2D eigenvalue weighted by Gasteiger charge is 2.18. The van der Waals surface area contributed by atoms with Crippen molar-refractivity contribution in [3.63, 3.8) is 0 Å². The Morgan fingerprint density at radius 2 is 2.00 bits per heavy atom. The fraction of sp³-hybridized carbons (Fsp3) is 0.111. The summed E-state index contributed by atoms with van der Waals surface area (Å²) in [6.07, 6.45) is 0.278. The SMILES string of the molecule is O=C1CC(c2ccc(I)cc2)=NO1. The molecule has 0 spiro atoms. The molecule has 1 aliphatic rings. The second-order valence-corrected chi connectivity index (χ2v) is 3.93. The van der Waals surface area contributed by atoms with Crippen molar-refractivity contribution in [1.29, 1.82) is 0 Å². The monoisotopic (exact) mass is 287 g/mol. The fourth-order valence-electron chi connectivity index (χ4n) is 1.10. The Labute approximate surface area is 88.9 Å². The summed E-state index contributed by atoms with van der Waals surface area (Å²) in [5.41, 5.74) is 1.66. The summed E-state index contributed by atoms with van der Waals surface area (Å²) >= 11 is 2.23. The first-order valence-electron chi connectivity index (χ1n) is 3.78. The molecule has 1 aromatic rings. The van der Waals surface area contributed by atoms with Crippen molar-refractivity contribution < 1.29 is 9.63 Å². The highest BCUT2D eigenvalue weighted by Crippen LogP contribution is 2.13. The van der Waals surface area contributed by atoms with E-state index in [1.165, 1.54) is 0 Å². The van der Waals surface area contributed by atoms with Gasteiger partial charge in [-0.15, -0.1) is 0 Å². The van der Waals surface area contributed by atoms with Crippen LogP contribution in [0.1, 0.15) is 12.0 Å². The lowest BCUT2D eigenvalue weighted by Gasteiger charge is -1.96. The van der Waals surface area contributed by atoms with Crippen LogP contribution in [0.2, 0.25) is 0 Å². The number of rotatable bonds is 1. The van der Waals surface area contributed by atoms with E-state index >= 15 is 0 Å². The predicted octanol–water partition coefficient (Wildman–Crippen LogP) is 1.94. The van der Waals surface area contributed by atoms with Crippen LogP contribution in [-0.4, -0.2) is 11.7 Å². The third-order valence-electron chi connectivity index (χ3n) is 1.75. The van der Waals surface area contributed by atoms with Crippen LogP contribution >= 0.6 is 22.6 Å². The van der Waals surface area contributed by atoms with Gasteiger partial charge in [-0.1, -0.05) is 17.3 Å². The Balaban J connectivity index is 2.27. The summed E-state index contributed by atoms with van der Waals surface area (Å²) in [6, 6.07) is 7.81. The predicted molar refractivity (Wildman–Crippen MR) is 56.4 cm³/mol. The summed E-state index contributed by atoms with van der Waals surface area (Å²) in [5, 5.41) is 3.68. The smallest absolute Gasteiger partial charge is 0.318 e. The maximum absolute atomic E-state index is 10.8. The molecule has 4 heteroatoms. The number of carbonyl (C=O) groups excluding carboxylic acids is 1. The van der Waals surface area contributed by atoms with Crippen molar-refractivity contribution in [2.45, 2.75) is 6.42 Å². The quantitative estimate of drug-likeness (QED) is 0.585. The molecule has 66 valence electrons. The van der Waals surface area contributed by atoms with Crippen molar-refractivity contribution in [1.82, 2.24) is 0 Å². The molecule has 1 aromatic carbocycles. The van der Waals surface area contributed by atoms with Gasteiger partial charge in [-0.2, -0.15) is 0 Å². The Morgan fingerprint density at radius 1 is 1.31 bits per heavy atom. The average Bonchev–Trinajstić information content (AvgIpc) is 2.53. The summed E-state index contributed by atoms with van der Waals surface area (Å²) in [4.78, 5) is 15.3. The lowest BCUT2D eigenvalue weighted by molar-refractivity contribution is -0.140. The molecular weight excluding hydrogens is 281 g/mol. The Bertz CT molecular complexity index is 370. The molecule has 1 heterocycles. The van der Waals surface area contributed by atoms with Crippen LogP contribution in [-0.2, 0) is 9.63 Å². The number of hydrogen-bond donors (Lipinski definition) is 0. The molecule has 0 atom stereocenters. The molecule has 0 fully saturated rings. The van der Waals surface area contributed by atoms with Gasteiger partial charge in [-0.05, 0) is 40.3 Å². The van der Waals surface area contributed by atoms with Gasteiger partial charge >= 0.3 is 5.97 Å². The number of halogens is 1. The second kappa shape index (κ2) is 3.45. The molecule has 13 heavy (non-hydrogen) atoms. The molecule has 3 nitrogen and oxygen atoms in total. The number of hydrogen-bond acceptors (Lipinski definition) is 3. The highest BCUT2D eigenvalue weighted by molar-refractivity contribution is 14.1. The summed E-state index contributed by atoms with van der Waals surface area (Å²) in [7, 11) is 0. The maximum Gasteiger partial charge on any atom is 0.341 e. The Kier molecular flexibility index (Phi) is 2.30. The van der Waals surface area contributed by atoms with E-state index in [1.54, 1.807) is 0 Å². The van der Waals surface area contributed by atoms with Crippen LogP contribution in [0, 0.1) is 3.57 Å². The number of oxime groups is 1. The van der Waals surface area contributed by atoms with E-state index in [4.69, 9.17) is 0 Å². The minimum absolute atomic E-state index is 0.278. The molecular formula is C9H6INO2. The molecule has 0 amide bonds. The minimum Gasteiger partial charge on any atom is -0.318 e. The zero-order chi connectivity index (χ0) is 9.26. The molecule has 2 rings (SSSR count). The van der Waals surface area contributed by atoms with Crippen LogP contribution < -0.4 is 0 Å². The maximum atomic E-state index is 10.8. The van der Waals surface area contributed by atoms with Crippen molar-refractivity contribution in [2.24, 2.45) is 5.16 Å². The van der Waals surface area contributed by atoms with E-state index in [0.717, 1.165) is 9.13 Å². The number of carbonyl (C=O) groups is 1. The highest BCUT2D eigenvalue weighted by atomic mass is 127. The van der Waals surface area contributed by atoms with Gasteiger partial charge in [0.05, 0.1) is 12.1 Å². The largest absolute Gasteiger partial charge is 0.341 e. The van der Waals surface area contributed by atoms with Crippen molar-refractivity contribution in [3.05, 3.63) is 33.4 Å². The van der Waals surface area contributed by atoms with Crippen molar-refractivity contribution in [2.75, 3.05) is 0 Å². The van der Waals surface area contributed by atoms with Gasteiger partial charge in [0.25, 0.3) is 0 Å². The third-order valence-corrected chi connectivity index (χ3v) is 2.47. The van der Waals surface area contributed by atoms with Gasteiger partial charge in [0.1, 0.15) is 0 Å². The van der Waals surface area contributed by atoms with Gasteiger partial charge in [0.15, 0.2) is 0 Å². The standard InChI is InChI=1S/C9H6INO2/c10-7-3-1-6(2-4-7)8-5-9(12)13-11-8/h1-4H,5H2. The van der Waals surface area contributed by atoms with Crippen LogP contribution in [0.3, 0.4) is 0 Å². The Morgan fingerprint density at radius 3 is 2.54 bits per heavy atom. The van der Waals surface area contributed by atoms with Crippen molar-refractivity contribution >= 4 is 34.3 Å². The molecule has 0 unspecified atom stereocenters. The summed E-state index contributed by atoms with van der Waals surface area (Å²) in [5.74, 6) is -0.284. The molecule has 0 saturated carbocycles. The van der Waals surface area contributed by atoms with Gasteiger partial charge in [-0.25, -0.2) is 4.79 Å². The summed E-state index contributed by atoms with van der Waals surface area (Å²) in [6.45, 7) is 0. The van der Waals surface area contributed by atoms with Crippen LogP contribution in [0.25, 0.3) is 0 Å². The number of nitrogens with zero attached hydrogens (tertiary/aromatic N) is 1. The van der Waals surface area contributed by atoms with Crippen molar-refractivity contribution in [3.8, 4) is 0 Å². The van der Waals surface area contributed by atoms with Crippen LogP contribution in [0.4, 0.5) is 0 Å². The first-order valence-corrected chi connectivity index (χ1v) is 4.86. The topological polar surface area (TPSA) is 38.7 Å². The average molecular weight is 287 g/mol. The zero-order valence-electron chi connectivity index (χ0n) is 6.66. The van der Waals surface area contributed by atoms with Gasteiger partial charge in [0.2, 0.25) is 0 Å². The third kappa shape index (κ3) is 1.88. The van der Waals surface area contributed by atoms with E-state index in [9.17, 15) is 4.79 Å². The van der Waals surface area contributed by atoms with Gasteiger partial charge in [-0.3, -0.25) is 0 Å². The molecule has 0 aromatic heterocycles. The van der Waals surface area contributed by atoms with Gasteiger partial charge < -0.3 is 4.84 Å². The normalized spacial score (nSPS) is 15.5. The van der Waals surface area contributed by atoms with E-state index in [1.807, 2.05) is 24.3 Å². The minimum atomic E-state index is -0.284. The molecule has 0 radical (unpaired) electrons. The molecule has 0 aliphatic carbocycles. The van der Waals surface area contributed by atoms with E-state index in [2.05, 4.69) is 32.6 Å². The van der Waals surface area contributed by atoms with E-state index in [0.29, 0.717) is 5.71 Å². The van der Waals surface area contributed by atoms with E-state index in [-0.39, 0.29) is 12.4 Å². The first-order chi connectivity index (χ1) is 6.25. The molecule has 0 saturated heterocycles. The summed E-state index contributed by atoms with van der Waals surface area (Å²) < 4.78 is 1.16. The van der Waals surface area contributed by atoms with Gasteiger partial charge in [0, 0.05) is 3.57 Å². The zero-order valence-corrected chi connectivity index (χ0v) is 8.82. The fourth-order valence-corrected chi connectivity index (χ4v) is 1.46. The lowest BCUT2D eigenvalue weighted by Crippen LogP contribution is -2.00.